The van der Waals surface area contributed by atoms with Gasteiger partial charge in [-0.15, -0.1) is 0 Å². The van der Waals surface area contributed by atoms with Crippen molar-refractivity contribution in [1.29, 1.82) is 0 Å². The first-order valence-corrected chi connectivity index (χ1v) is 8.99. The van der Waals surface area contributed by atoms with E-state index in [9.17, 15) is 20.1 Å². The molecule has 4 unspecified atom stereocenters. The number of amides is 1. The second-order valence-corrected chi connectivity index (χ2v) is 6.91. The Morgan fingerprint density at radius 1 is 1.19 bits per heavy atom. The lowest BCUT2D eigenvalue weighted by Gasteiger charge is -2.26. The molecule has 3 N–H and O–H groups in total. The van der Waals surface area contributed by atoms with E-state index in [4.69, 9.17) is 4.74 Å². The topological polar surface area (TPSA) is 108 Å². The smallest absolute Gasteiger partial charge is 0.256 e. The molecule has 140 valence electrons. The van der Waals surface area contributed by atoms with Crippen LogP contribution in [-0.2, 0) is 4.74 Å². The third-order valence-corrected chi connectivity index (χ3v) is 5.27. The normalized spacial score (nSPS) is 29.4. The van der Waals surface area contributed by atoms with Gasteiger partial charge in [-0.2, -0.15) is 0 Å². The molecule has 1 aromatic carbocycles. The van der Waals surface area contributed by atoms with Gasteiger partial charge in [-0.3, -0.25) is 4.79 Å². The van der Waals surface area contributed by atoms with Crippen LogP contribution >= 0.6 is 0 Å². The van der Waals surface area contributed by atoms with E-state index in [1.54, 1.807) is 22.8 Å². The van der Waals surface area contributed by atoms with Crippen LogP contribution in [0.5, 0.6) is 0 Å². The quantitative estimate of drug-likeness (QED) is 0.724. The lowest BCUT2D eigenvalue weighted by Crippen LogP contribution is -2.35. The van der Waals surface area contributed by atoms with Gasteiger partial charge in [0.25, 0.3) is 5.91 Å². The molecule has 0 radical (unpaired) electrons. The minimum atomic E-state index is -1.19. The molecule has 2 fully saturated rings. The van der Waals surface area contributed by atoms with Crippen LogP contribution in [0, 0.1) is 0 Å². The van der Waals surface area contributed by atoms with Gasteiger partial charge in [-0.05, 0) is 31.4 Å². The molecular formula is C18H23N3O5. The molecule has 2 aliphatic rings. The van der Waals surface area contributed by atoms with Crippen LogP contribution in [-0.4, -0.2) is 73.7 Å². The Kier molecular flexibility index (Phi) is 4.66. The van der Waals surface area contributed by atoms with Gasteiger partial charge in [0.1, 0.15) is 23.8 Å². The lowest BCUT2D eigenvalue weighted by atomic mass is 10.1. The molecule has 0 aliphatic carbocycles. The Morgan fingerprint density at radius 2 is 1.96 bits per heavy atom. The number of carbonyl (C=O) groups excluding carboxylic acids is 1. The highest BCUT2D eigenvalue weighted by atomic mass is 16.6. The zero-order chi connectivity index (χ0) is 18.3. The number of ether oxygens (including phenoxy) is 1. The third kappa shape index (κ3) is 2.79. The predicted octanol–water partition coefficient (Wildman–Crippen LogP) is 0.274. The van der Waals surface area contributed by atoms with Gasteiger partial charge in [0.15, 0.2) is 6.23 Å². The number of hydrogen-bond acceptors (Lipinski definition) is 6. The number of fused-ring (bicyclic) bond motifs is 1. The van der Waals surface area contributed by atoms with E-state index < -0.39 is 24.5 Å². The van der Waals surface area contributed by atoms with Crippen molar-refractivity contribution in [3.8, 4) is 0 Å². The molecular weight excluding hydrogens is 338 g/mol. The lowest BCUT2D eigenvalue weighted by molar-refractivity contribution is -0.0508. The maximum atomic E-state index is 12.9. The van der Waals surface area contributed by atoms with Crippen molar-refractivity contribution in [2.24, 2.45) is 0 Å². The van der Waals surface area contributed by atoms with Gasteiger partial charge in [-0.25, -0.2) is 4.98 Å². The van der Waals surface area contributed by atoms with Crippen molar-refractivity contribution in [1.82, 2.24) is 14.5 Å². The summed E-state index contributed by atoms with van der Waals surface area (Å²) in [4.78, 5) is 19.1. The van der Waals surface area contributed by atoms with Gasteiger partial charge in [0.05, 0.1) is 24.0 Å². The van der Waals surface area contributed by atoms with E-state index in [1.165, 1.54) is 6.33 Å². The number of aromatic nitrogens is 2. The van der Waals surface area contributed by atoms with Gasteiger partial charge < -0.3 is 29.5 Å². The summed E-state index contributed by atoms with van der Waals surface area (Å²) in [6.45, 7) is 1.12. The summed E-state index contributed by atoms with van der Waals surface area (Å²) in [5, 5.41) is 29.5. The first kappa shape index (κ1) is 17.4. The molecule has 4 atom stereocenters. The van der Waals surface area contributed by atoms with E-state index >= 15 is 0 Å². The van der Waals surface area contributed by atoms with E-state index in [1.807, 2.05) is 4.90 Å². The van der Waals surface area contributed by atoms with E-state index in [2.05, 4.69) is 4.98 Å². The minimum absolute atomic E-state index is 0.0401. The third-order valence-electron chi connectivity index (χ3n) is 5.27. The number of carbonyl (C=O) groups is 1. The number of rotatable bonds is 3. The fraction of sp³-hybridized carbons (Fsp3) is 0.556. The molecule has 26 heavy (non-hydrogen) atoms. The molecule has 0 spiro atoms. The highest BCUT2D eigenvalue weighted by Crippen LogP contribution is 2.32. The molecule has 8 heteroatoms. The highest BCUT2D eigenvalue weighted by molar-refractivity contribution is 6.05. The highest BCUT2D eigenvalue weighted by Gasteiger charge is 2.43. The van der Waals surface area contributed by atoms with E-state index in [0.29, 0.717) is 16.6 Å². The Bertz CT molecular complexity index is 801. The van der Waals surface area contributed by atoms with Crippen LogP contribution in [0.4, 0.5) is 0 Å². The molecule has 1 amide bonds. The summed E-state index contributed by atoms with van der Waals surface area (Å²) >= 11 is 0. The molecule has 2 aliphatic heterocycles. The molecule has 2 saturated heterocycles. The molecule has 1 aromatic heterocycles. The van der Waals surface area contributed by atoms with Gasteiger partial charge in [0, 0.05) is 13.1 Å². The van der Waals surface area contributed by atoms with Crippen LogP contribution in [0.25, 0.3) is 11.0 Å². The van der Waals surface area contributed by atoms with Crippen LogP contribution in [0.15, 0.2) is 24.5 Å². The number of nitrogens with zero attached hydrogens (tertiary/aromatic N) is 3. The van der Waals surface area contributed by atoms with Gasteiger partial charge in [0.2, 0.25) is 0 Å². The monoisotopic (exact) mass is 361 g/mol. The Morgan fingerprint density at radius 3 is 2.65 bits per heavy atom. The van der Waals surface area contributed by atoms with Crippen molar-refractivity contribution in [2.75, 3.05) is 19.7 Å². The maximum absolute atomic E-state index is 12.9. The van der Waals surface area contributed by atoms with E-state index in [0.717, 1.165) is 32.4 Å². The zero-order valence-electron chi connectivity index (χ0n) is 14.4. The summed E-state index contributed by atoms with van der Waals surface area (Å²) in [6, 6.07) is 5.33. The maximum Gasteiger partial charge on any atom is 0.256 e. The minimum Gasteiger partial charge on any atom is -0.394 e. The Labute approximate surface area is 150 Å². The summed E-state index contributed by atoms with van der Waals surface area (Å²) in [6.07, 6.45) is 0.577. The number of aliphatic hydroxyl groups is 3. The van der Waals surface area contributed by atoms with Gasteiger partial charge in [-0.1, -0.05) is 6.07 Å². The summed E-state index contributed by atoms with van der Waals surface area (Å²) in [5.74, 6) is -0.0401. The standard InChI is InChI=1S/C18H23N3O5/c22-9-13-15(23)16(24)18(26-13)21-10-19-14-11(5-4-6-12(14)21)17(25)20-7-2-1-3-8-20/h4-6,10,13,15-16,18,22-24H,1-3,7-9H2. The molecule has 0 saturated carbocycles. The summed E-state index contributed by atoms with van der Waals surface area (Å²) in [5.41, 5.74) is 1.71. The predicted molar refractivity (Wildman–Crippen MR) is 92.5 cm³/mol. The molecule has 8 nitrogen and oxygen atoms in total. The number of piperidine rings is 1. The second-order valence-electron chi connectivity index (χ2n) is 6.91. The number of imidazole rings is 1. The SMILES string of the molecule is O=C(c1cccc2c1ncn2C1OC(CO)C(O)C1O)N1CCCCC1. The van der Waals surface area contributed by atoms with Gasteiger partial charge >= 0.3 is 0 Å². The van der Waals surface area contributed by atoms with Crippen molar-refractivity contribution in [3.63, 3.8) is 0 Å². The van der Waals surface area contributed by atoms with Crippen LogP contribution < -0.4 is 0 Å². The van der Waals surface area contributed by atoms with Crippen molar-refractivity contribution in [2.45, 2.75) is 43.8 Å². The number of para-hydroxylation sites is 1. The molecule has 2 aromatic rings. The Balaban J connectivity index is 1.68. The Hall–Kier alpha value is -2.00. The van der Waals surface area contributed by atoms with Crippen LogP contribution in [0.2, 0.25) is 0 Å². The first-order valence-electron chi connectivity index (χ1n) is 8.99. The zero-order valence-corrected chi connectivity index (χ0v) is 14.4. The summed E-state index contributed by atoms with van der Waals surface area (Å²) < 4.78 is 7.18. The van der Waals surface area contributed by atoms with Crippen LogP contribution in [0.3, 0.4) is 0 Å². The molecule has 4 rings (SSSR count). The summed E-state index contributed by atoms with van der Waals surface area (Å²) in [7, 11) is 0. The molecule has 0 bridgehead atoms. The average Bonchev–Trinajstić information content (AvgIpc) is 3.23. The molecule has 3 heterocycles. The van der Waals surface area contributed by atoms with Crippen LogP contribution in [0.1, 0.15) is 35.8 Å². The second kappa shape index (κ2) is 6.96. The number of benzene rings is 1. The fourth-order valence-corrected chi connectivity index (χ4v) is 3.81. The first-order chi connectivity index (χ1) is 12.6. The number of hydrogen-bond donors (Lipinski definition) is 3. The average molecular weight is 361 g/mol. The largest absolute Gasteiger partial charge is 0.394 e. The van der Waals surface area contributed by atoms with Crippen molar-refractivity contribution < 1.29 is 24.9 Å². The van der Waals surface area contributed by atoms with Crippen molar-refractivity contribution in [3.05, 3.63) is 30.1 Å². The number of likely N-dealkylation sites (tertiary alicyclic amines) is 1. The fourth-order valence-electron chi connectivity index (χ4n) is 3.81. The number of aliphatic hydroxyl groups excluding tert-OH is 3. The van der Waals surface area contributed by atoms with Crippen molar-refractivity contribution >= 4 is 16.9 Å². The van der Waals surface area contributed by atoms with E-state index in [-0.39, 0.29) is 12.5 Å².